The molecule has 0 unspecified atom stereocenters. The maximum Gasteiger partial charge on any atom is 0.234 e. The number of amides is 2. The molecule has 5 N–H and O–H groups in total. The molecule has 2 aliphatic carbocycles. The van der Waals surface area contributed by atoms with Gasteiger partial charge < -0.3 is 21.6 Å². The van der Waals surface area contributed by atoms with E-state index in [4.69, 9.17) is 10.9 Å². The van der Waals surface area contributed by atoms with Crippen LogP contribution in [0.1, 0.15) is 44.9 Å². The van der Waals surface area contributed by atoms with Crippen LogP contribution in [0.15, 0.2) is 5.16 Å². The zero-order chi connectivity index (χ0) is 15.3. The summed E-state index contributed by atoms with van der Waals surface area (Å²) < 4.78 is 0. The standard InChI is InChI=1S/C14H24N4O3/c15-12(18-21)14(6-2-1-3-7-14)13(20)17-9-8-16-11(19)10-4-5-10/h10,21H,1-9H2,(H2,15,18)(H,16,19)(H,17,20). The molecule has 0 aromatic heterocycles. The van der Waals surface area contributed by atoms with E-state index in [1.165, 1.54) is 0 Å². The first kappa shape index (κ1) is 15.6. The Labute approximate surface area is 124 Å². The Hall–Kier alpha value is -1.79. The van der Waals surface area contributed by atoms with Crippen LogP contribution in [-0.4, -0.2) is 35.9 Å². The fourth-order valence-corrected chi connectivity index (χ4v) is 2.87. The third-order valence-electron chi connectivity index (χ3n) is 4.40. The van der Waals surface area contributed by atoms with Crippen molar-refractivity contribution >= 4 is 17.6 Å². The fraction of sp³-hybridized carbons (Fsp3) is 0.786. The Kier molecular flexibility index (Phi) is 5.03. The fourth-order valence-electron chi connectivity index (χ4n) is 2.87. The predicted octanol–water partition coefficient (Wildman–Crippen LogP) is 0.326. The molecule has 0 aliphatic heterocycles. The molecule has 7 heteroatoms. The molecule has 21 heavy (non-hydrogen) atoms. The second-order valence-electron chi connectivity index (χ2n) is 5.95. The Balaban J connectivity index is 1.82. The summed E-state index contributed by atoms with van der Waals surface area (Å²) in [7, 11) is 0. The van der Waals surface area contributed by atoms with Gasteiger partial charge in [-0.2, -0.15) is 0 Å². The molecule has 0 aromatic carbocycles. The van der Waals surface area contributed by atoms with E-state index in [1.807, 2.05) is 0 Å². The van der Waals surface area contributed by atoms with Crippen LogP contribution in [-0.2, 0) is 9.59 Å². The van der Waals surface area contributed by atoms with Crippen LogP contribution in [0.3, 0.4) is 0 Å². The van der Waals surface area contributed by atoms with Crippen molar-refractivity contribution in [2.45, 2.75) is 44.9 Å². The number of hydrogen-bond acceptors (Lipinski definition) is 4. The number of carbonyl (C=O) groups is 2. The molecule has 0 radical (unpaired) electrons. The van der Waals surface area contributed by atoms with Crippen molar-refractivity contribution in [2.24, 2.45) is 22.2 Å². The highest BCUT2D eigenvalue weighted by Crippen LogP contribution is 2.36. The minimum absolute atomic E-state index is 0.0123. The molecule has 0 spiro atoms. The Bertz CT molecular complexity index is 426. The monoisotopic (exact) mass is 296 g/mol. The Morgan fingerprint density at radius 3 is 2.33 bits per heavy atom. The van der Waals surface area contributed by atoms with Gasteiger partial charge >= 0.3 is 0 Å². The second kappa shape index (κ2) is 6.78. The molecule has 0 atom stereocenters. The van der Waals surface area contributed by atoms with Gasteiger partial charge in [-0.05, 0) is 25.7 Å². The summed E-state index contributed by atoms with van der Waals surface area (Å²) in [6, 6.07) is 0. The van der Waals surface area contributed by atoms with Crippen molar-refractivity contribution in [2.75, 3.05) is 13.1 Å². The van der Waals surface area contributed by atoms with Crippen molar-refractivity contribution < 1.29 is 14.8 Å². The highest BCUT2D eigenvalue weighted by atomic mass is 16.4. The van der Waals surface area contributed by atoms with Crippen molar-refractivity contribution in [1.82, 2.24) is 10.6 Å². The first-order valence-corrected chi connectivity index (χ1v) is 7.64. The van der Waals surface area contributed by atoms with Gasteiger partial charge in [0.25, 0.3) is 0 Å². The molecule has 2 saturated carbocycles. The normalized spacial score (nSPS) is 21.6. The summed E-state index contributed by atoms with van der Waals surface area (Å²) in [6.07, 6.45) is 5.97. The lowest BCUT2D eigenvalue weighted by molar-refractivity contribution is -0.129. The number of nitrogens with two attached hydrogens (primary N) is 1. The summed E-state index contributed by atoms with van der Waals surface area (Å²) >= 11 is 0. The summed E-state index contributed by atoms with van der Waals surface area (Å²) in [6.45, 7) is 0.769. The molecule has 2 fully saturated rings. The van der Waals surface area contributed by atoms with Crippen molar-refractivity contribution in [1.29, 1.82) is 0 Å². The van der Waals surface area contributed by atoms with Crippen LogP contribution in [0.5, 0.6) is 0 Å². The molecule has 0 saturated heterocycles. The zero-order valence-corrected chi connectivity index (χ0v) is 12.2. The largest absolute Gasteiger partial charge is 0.409 e. The molecule has 0 aromatic rings. The molecule has 2 aliphatic rings. The second-order valence-corrected chi connectivity index (χ2v) is 5.95. The number of rotatable bonds is 6. The van der Waals surface area contributed by atoms with Gasteiger partial charge in [0.05, 0.1) is 0 Å². The van der Waals surface area contributed by atoms with Gasteiger partial charge in [0, 0.05) is 19.0 Å². The molecule has 7 nitrogen and oxygen atoms in total. The van der Waals surface area contributed by atoms with Crippen molar-refractivity contribution in [3.05, 3.63) is 0 Å². The summed E-state index contributed by atoms with van der Waals surface area (Å²) in [5.41, 5.74) is 4.86. The smallest absolute Gasteiger partial charge is 0.234 e. The van der Waals surface area contributed by atoms with Crippen LogP contribution >= 0.6 is 0 Å². The predicted molar refractivity (Wildman–Crippen MR) is 77.7 cm³/mol. The third kappa shape index (κ3) is 3.65. The summed E-state index contributed by atoms with van der Waals surface area (Å²) in [4.78, 5) is 23.9. The molecule has 0 heterocycles. The molecule has 2 rings (SSSR count). The third-order valence-corrected chi connectivity index (χ3v) is 4.40. The van der Waals surface area contributed by atoms with Gasteiger partial charge in [-0.3, -0.25) is 9.59 Å². The number of oxime groups is 1. The van der Waals surface area contributed by atoms with Crippen LogP contribution in [0, 0.1) is 11.3 Å². The van der Waals surface area contributed by atoms with E-state index in [-0.39, 0.29) is 23.6 Å². The molecule has 2 amide bonds. The van der Waals surface area contributed by atoms with Gasteiger partial charge in [-0.1, -0.05) is 24.4 Å². The first-order chi connectivity index (χ1) is 10.1. The zero-order valence-electron chi connectivity index (χ0n) is 12.2. The quantitative estimate of drug-likeness (QED) is 0.186. The van der Waals surface area contributed by atoms with Crippen LogP contribution in [0.4, 0.5) is 0 Å². The lowest BCUT2D eigenvalue weighted by Gasteiger charge is -2.34. The average Bonchev–Trinajstić information content (AvgIpc) is 3.35. The van der Waals surface area contributed by atoms with E-state index >= 15 is 0 Å². The van der Waals surface area contributed by atoms with Gasteiger partial charge in [-0.15, -0.1) is 0 Å². The molecule has 118 valence electrons. The molecule has 0 bridgehead atoms. The summed E-state index contributed by atoms with van der Waals surface area (Å²) in [5, 5.41) is 17.6. The lowest BCUT2D eigenvalue weighted by atomic mass is 9.72. The topological polar surface area (TPSA) is 117 Å². The number of nitrogens with zero attached hydrogens (tertiary/aromatic N) is 1. The number of carbonyl (C=O) groups excluding carboxylic acids is 2. The van der Waals surface area contributed by atoms with Crippen molar-refractivity contribution in [3.8, 4) is 0 Å². The summed E-state index contributed by atoms with van der Waals surface area (Å²) in [5.74, 6) is 0.00973. The van der Waals surface area contributed by atoms with E-state index in [0.29, 0.717) is 25.9 Å². The average molecular weight is 296 g/mol. The maximum atomic E-state index is 12.4. The number of nitrogens with one attached hydrogen (secondary N) is 2. The molecular formula is C14H24N4O3. The number of amidine groups is 1. The van der Waals surface area contributed by atoms with E-state index in [1.54, 1.807) is 0 Å². The van der Waals surface area contributed by atoms with E-state index < -0.39 is 5.41 Å². The van der Waals surface area contributed by atoms with Gasteiger partial charge in [0.1, 0.15) is 5.41 Å². The maximum absolute atomic E-state index is 12.4. The minimum atomic E-state index is -0.895. The van der Waals surface area contributed by atoms with E-state index in [9.17, 15) is 9.59 Å². The first-order valence-electron chi connectivity index (χ1n) is 7.64. The minimum Gasteiger partial charge on any atom is -0.409 e. The van der Waals surface area contributed by atoms with Gasteiger partial charge in [-0.25, -0.2) is 0 Å². The van der Waals surface area contributed by atoms with Gasteiger partial charge in [0.15, 0.2) is 5.84 Å². The highest BCUT2D eigenvalue weighted by molar-refractivity contribution is 6.06. The van der Waals surface area contributed by atoms with Gasteiger partial charge in [0.2, 0.25) is 11.8 Å². The van der Waals surface area contributed by atoms with E-state index in [2.05, 4.69) is 15.8 Å². The SMILES string of the molecule is NC(=NO)C1(C(=O)NCCNC(=O)C2CC2)CCCCC1. The number of hydrogen-bond donors (Lipinski definition) is 4. The Morgan fingerprint density at radius 1 is 1.14 bits per heavy atom. The van der Waals surface area contributed by atoms with Crippen LogP contribution in [0.2, 0.25) is 0 Å². The van der Waals surface area contributed by atoms with Crippen molar-refractivity contribution in [3.63, 3.8) is 0 Å². The Morgan fingerprint density at radius 2 is 1.76 bits per heavy atom. The lowest BCUT2D eigenvalue weighted by Crippen LogP contribution is -2.52. The van der Waals surface area contributed by atoms with Crippen LogP contribution in [0.25, 0.3) is 0 Å². The van der Waals surface area contributed by atoms with Crippen LogP contribution < -0.4 is 16.4 Å². The van der Waals surface area contributed by atoms with E-state index in [0.717, 1.165) is 32.1 Å². The molecular weight excluding hydrogens is 272 g/mol. The highest BCUT2D eigenvalue weighted by Gasteiger charge is 2.43.